The molecule has 1 fully saturated rings. The smallest absolute Gasteiger partial charge is 0.243 e. The Morgan fingerprint density at radius 2 is 1.97 bits per heavy atom. The minimum atomic E-state index is -0.323. The standard InChI is InChI=1S/C24H23Cl2N5O4/c1-4-20(34)28-16-10-31(12(2)32)11-17(16)30-24-27-9-14-7-13(5-6-15(14)29-24)21-22(25)18(33)8-19(35-3)23(21)26/h4-9,16-17,33H,1,10-11H2,2-3H3,(H,28,34)(H,27,29,30). The van der Waals surface area contributed by atoms with Crippen molar-refractivity contribution in [3.05, 3.63) is 53.2 Å². The first-order valence-corrected chi connectivity index (χ1v) is 11.4. The van der Waals surface area contributed by atoms with Crippen LogP contribution in [0.2, 0.25) is 10.0 Å². The van der Waals surface area contributed by atoms with Gasteiger partial charge >= 0.3 is 0 Å². The van der Waals surface area contributed by atoms with Gasteiger partial charge in [-0.3, -0.25) is 9.59 Å². The van der Waals surface area contributed by atoms with Gasteiger partial charge in [0.05, 0.1) is 34.8 Å². The quantitative estimate of drug-likeness (QED) is 0.429. The minimum Gasteiger partial charge on any atom is -0.506 e. The van der Waals surface area contributed by atoms with E-state index in [0.717, 1.165) is 5.39 Å². The van der Waals surface area contributed by atoms with E-state index in [1.165, 1.54) is 26.2 Å². The van der Waals surface area contributed by atoms with Crippen LogP contribution in [0.1, 0.15) is 6.92 Å². The van der Waals surface area contributed by atoms with Crippen molar-refractivity contribution in [2.75, 3.05) is 25.5 Å². The molecule has 2 atom stereocenters. The summed E-state index contributed by atoms with van der Waals surface area (Å²) in [5.74, 6) is 0.107. The summed E-state index contributed by atoms with van der Waals surface area (Å²) < 4.78 is 5.23. The molecule has 2 heterocycles. The molecule has 2 unspecified atom stereocenters. The number of fused-ring (bicyclic) bond motifs is 1. The van der Waals surface area contributed by atoms with Crippen molar-refractivity contribution in [1.82, 2.24) is 20.2 Å². The first-order valence-electron chi connectivity index (χ1n) is 10.7. The third kappa shape index (κ3) is 4.96. The summed E-state index contributed by atoms with van der Waals surface area (Å²) in [5.41, 5.74) is 1.75. The molecule has 1 saturated heterocycles. The summed E-state index contributed by atoms with van der Waals surface area (Å²) >= 11 is 12.8. The number of methoxy groups -OCH3 is 1. The number of carbonyl (C=O) groups is 2. The van der Waals surface area contributed by atoms with Crippen molar-refractivity contribution in [2.24, 2.45) is 0 Å². The summed E-state index contributed by atoms with van der Waals surface area (Å²) in [4.78, 5) is 34.3. The lowest BCUT2D eigenvalue weighted by atomic mass is 10.0. The molecular formula is C24H23Cl2N5O4. The number of ether oxygens (including phenoxy) is 1. The van der Waals surface area contributed by atoms with Crippen LogP contribution in [0.5, 0.6) is 11.5 Å². The fraction of sp³-hybridized carbons (Fsp3) is 0.250. The summed E-state index contributed by atoms with van der Waals surface area (Å²) in [6.07, 6.45) is 2.84. The summed E-state index contributed by atoms with van der Waals surface area (Å²) in [5, 5.41) is 17.3. The second-order valence-electron chi connectivity index (χ2n) is 8.06. The average molecular weight is 516 g/mol. The second kappa shape index (κ2) is 9.97. The molecule has 0 bridgehead atoms. The molecule has 9 nitrogen and oxygen atoms in total. The van der Waals surface area contributed by atoms with Crippen molar-refractivity contribution in [1.29, 1.82) is 0 Å². The van der Waals surface area contributed by atoms with Gasteiger partial charge in [-0.1, -0.05) is 35.8 Å². The van der Waals surface area contributed by atoms with Crippen LogP contribution in [0.3, 0.4) is 0 Å². The van der Waals surface area contributed by atoms with Crippen molar-refractivity contribution >= 4 is 51.9 Å². The Kier molecular flexibility index (Phi) is 7.00. The van der Waals surface area contributed by atoms with Crippen LogP contribution in [0.25, 0.3) is 22.0 Å². The van der Waals surface area contributed by atoms with Gasteiger partial charge in [0.25, 0.3) is 0 Å². The maximum absolute atomic E-state index is 11.9. The van der Waals surface area contributed by atoms with E-state index in [4.69, 9.17) is 27.9 Å². The Balaban J connectivity index is 1.63. The highest BCUT2D eigenvalue weighted by molar-refractivity contribution is 6.41. The number of hydrogen-bond acceptors (Lipinski definition) is 7. The monoisotopic (exact) mass is 515 g/mol. The van der Waals surface area contributed by atoms with Crippen LogP contribution in [0, 0.1) is 0 Å². The Hall–Kier alpha value is -3.56. The molecule has 0 radical (unpaired) electrons. The molecule has 1 aliphatic heterocycles. The number of aromatic hydroxyl groups is 1. The number of anilines is 1. The molecule has 0 aliphatic carbocycles. The average Bonchev–Trinajstić information content (AvgIpc) is 3.23. The van der Waals surface area contributed by atoms with E-state index in [9.17, 15) is 14.7 Å². The molecule has 1 aromatic heterocycles. The van der Waals surface area contributed by atoms with Crippen LogP contribution in [0.15, 0.2) is 43.1 Å². The predicted molar refractivity (Wildman–Crippen MR) is 135 cm³/mol. The van der Waals surface area contributed by atoms with Gasteiger partial charge in [0, 0.05) is 43.2 Å². The molecule has 2 amide bonds. The van der Waals surface area contributed by atoms with E-state index >= 15 is 0 Å². The Bertz CT molecular complexity index is 1330. The van der Waals surface area contributed by atoms with Crippen LogP contribution < -0.4 is 15.4 Å². The Morgan fingerprint density at radius 1 is 1.23 bits per heavy atom. The molecular weight excluding hydrogens is 493 g/mol. The highest BCUT2D eigenvalue weighted by atomic mass is 35.5. The van der Waals surface area contributed by atoms with Gasteiger partial charge in [-0.2, -0.15) is 0 Å². The second-order valence-corrected chi connectivity index (χ2v) is 8.82. The van der Waals surface area contributed by atoms with Gasteiger partial charge in [-0.05, 0) is 23.8 Å². The molecule has 1 aliphatic rings. The lowest BCUT2D eigenvalue weighted by molar-refractivity contribution is -0.128. The van der Waals surface area contributed by atoms with E-state index in [0.29, 0.717) is 41.4 Å². The predicted octanol–water partition coefficient (Wildman–Crippen LogP) is 3.63. The topological polar surface area (TPSA) is 117 Å². The zero-order chi connectivity index (χ0) is 25.3. The number of nitrogens with one attached hydrogen (secondary N) is 2. The number of aromatic nitrogens is 2. The summed E-state index contributed by atoms with van der Waals surface area (Å²) in [6, 6.07) is 6.13. The van der Waals surface area contributed by atoms with Crippen LogP contribution in [-0.4, -0.2) is 64.1 Å². The van der Waals surface area contributed by atoms with Crippen molar-refractivity contribution in [3.63, 3.8) is 0 Å². The molecule has 35 heavy (non-hydrogen) atoms. The minimum absolute atomic E-state index is 0.0833. The van der Waals surface area contributed by atoms with Crippen molar-refractivity contribution in [2.45, 2.75) is 19.0 Å². The molecule has 0 saturated carbocycles. The van der Waals surface area contributed by atoms with Crippen LogP contribution >= 0.6 is 23.2 Å². The number of benzene rings is 2. The number of halogens is 2. The Morgan fingerprint density at radius 3 is 2.66 bits per heavy atom. The number of phenols is 1. The largest absolute Gasteiger partial charge is 0.506 e. The fourth-order valence-corrected chi connectivity index (χ4v) is 4.66. The number of rotatable bonds is 6. The molecule has 11 heteroatoms. The molecule has 3 N–H and O–H groups in total. The number of carbonyl (C=O) groups excluding carboxylic acids is 2. The highest BCUT2D eigenvalue weighted by Gasteiger charge is 2.35. The Labute approximate surface area is 211 Å². The van der Waals surface area contributed by atoms with E-state index < -0.39 is 0 Å². The van der Waals surface area contributed by atoms with Gasteiger partial charge in [0.2, 0.25) is 17.8 Å². The lowest BCUT2D eigenvalue weighted by Gasteiger charge is -2.20. The first kappa shape index (κ1) is 24.6. The molecule has 0 spiro atoms. The van der Waals surface area contributed by atoms with Crippen LogP contribution in [-0.2, 0) is 9.59 Å². The summed E-state index contributed by atoms with van der Waals surface area (Å²) in [6.45, 7) is 5.74. The number of nitrogens with zero attached hydrogens (tertiary/aromatic N) is 3. The number of hydrogen-bond donors (Lipinski definition) is 3. The van der Waals surface area contributed by atoms with Crippen molar-refractivity contribution in [3.8, 4) is 22.6 Å². The van der Waals surface area contributed by atoms with E-state index in [1.807, 2.05) is 6.07 Å². The van der Waals surface area contributed by atoms with Gasteiger partial charge in [-0.25, -0.2) is 9.97 Å². The fourth-order valence-electron chi connectivity index (χ4n) is 4.02. The van der Waals surface area contributed by atoms with E-state index in [-0.39, 0.29) is 39.7 Å². The zero-order valence-corrected chi connectivity index (χ0v) is 20.5. The molecule has 2 aromatic carbocycles. The normalized spacial score (nSPS) is 17.3. The van der Waals surface area contributed by atoms with Crippen LogP contribution in [0.4, 0.5) is 5.95 Å². The number of phenolic OH excluding ortho intramolecular Hbond substituents is 1. The third-order valence-corrected chi connectivity index (χ3v) is 6.59. The lowest BCUT2D eigenvalue weighted by Crippen LogP contribution is -2.45. The SMILES string of the molecule is C=CC(=O)NC1CN(C(C)=O)CC1Nc1ncc2cc(-c3c(Cl)c(O)cc(OC)c3Cl)ccc2n1. The maximum Gasteiger partial charge on any atom is 0.243 e. The number of likely N-dealkylation sites (tertiary alicyclic amines) is 1. The van der Waals surface area contributed by atoms with Gasteiger partial charge in [0.1, 0.15) is 11.5 Å². The molecule has 4 rings (SSSR count). The number of amides is 2. The highest BCUT2D eigenvalue weighted by Crippen LogP contribution is 2.45. The summed E-state index contributed by atoms with van der Waals surface area (Å²) in [7, 11) is 1.45. The van der Waals surface area contributed by atoms with E-state index in [2.05, 4.69) is 27.2 Å². The zero-order valence-electron chi connectivity index (χ0n) is 19.0. The van der Waals surface area contributed by atoms with Crippen molar-refractivity contribution < 1.29 is 19.4 Å². The first-order chi connectivity index (χ1) is 16.7. The van der Waals surface area contributed by atoms with E-state index in [1.54, 1.807) is 23.2 Å². The van der Waals surface area contributed by atoms with Gasteiger partial charge in [0.15, 0.2) is 0 Å². The maximum atomic E-state index is 11.9. The molecule has 182 valence electrons. The van der Waals surface area contributed by atoms with Gasteiger partial charge < -0.3 is 25.4 Å². The third-order valence-electron chi connectivity index (χ3n) is 5.83. The van der Waals surface area contributed by atoms with Gasteiger partial charge in [-0.15, -0.1) is 0 Å². The molecule has 3 aromatic rings.